The Labute approximate surface area is 242 Å². The lowest BCUT2D eigenvalue weighted by Crippen LogP contribution is -2.56. The highest BCUT2D eigenvalue weighted by molar-refractivity contribution is 7.94. The number of hydrogen-bond donors (Lipinski definition) is 0. The van der Waals surface area contributed by atoms with E-state index in [2.05, 4.69) is 15.1 Å². The van der Waals surface area contributed by atoms with Gasteiger partial charge in [0.05, 0.1) is 32.9 Å². The van der Waals surface area contributed by atoms with Crippen LogP contribution in [0.15, 0.2) is 39.1 Å². The molecule has 3 aromatic heterocycles. The molecule has 0 bridgehead atoms. The second-order valence-corrected chi connectivity index (χ2v) is 15.9. The number of benzene rings is 1. The van der Waals surface area contributed by atoms with Crippen LogP contribution in [0.2, 0.25) is 5.02 Å². The van der Waals surface area contributed by atoms with E-state index in [1.54, 1.807) is 4.90 Å². The summed E-state index contributed by atoms with van der Waals surface area (Å²) in [5, 5.41) is 4.24. The maximum Gasteiger partial charge on any atom is 0.301 e. The fraction of sp³-hybridized carbons (Fsp3) is 0.375. The first-order valence-electron chi connectivity index (χ1n) is 12.4. The molecule has 41 heavy (non-hydrogen) atoms. The van der Waals surface area contributed by atoms with Crippen molar-refractivity contribution in [3.05, 3.63) is 52.3 Å². The van der Waals surface area contributed by atoms with Gasteiger partial charge in [0, 0.05) is 37.1 Å². The number of rotatable bonds is 6. The Balaban J connectivity index is 1.44. The van der Waals surface area contributed by atoms with Crippen molar-refractivity contribution in [2.45, 2.75) is 46.8 Å². The Morgan fingerprint density at radius 2 is 1.76 bits per heavy atom. The van der Waals surface area contributed by atoms with Crippen LogP contribution in [0.5, 0.6) is 0 Å². The van der Waals surface area contributed by atoms with E-state index in [-0.39, 0.29) is 45.0 Å². The van der Waals surface area contributed by atoms with E-state index < -0.39 is 53.1 Å². The number of piperazine rings is 1. The van der Waals surface area contributed by atoms with Crippen LogP contribution in [-0.2, 0) is 19.9 Å². The molecule has 0 atom stereocenters. The van der Waals surface area contributed by atoms with Crippen LogP contribution in [-0.4, -0.2) is 66.4 Å². The second-order valence-electron chi connectivity index (χ2n) is 10.3. The number of halogens is 4. The van der Waals surface area contributed by atoms with Gasteiger partial charge in [-0.3, -0.25) is 0 Å². The average molecular weight is 647 g/mol. The smallest absolute Gasteiger partial charge is 0.301 e. The van der Waals surface area contributed by atoms with Crippen LogP contribution in [0.25, 0.3) is 10.9 Å². The van der Waals surface area contributed by atoms with E-state index in [9.17, 15) is 30.0 Å². The van der Waals surface area contributed by atoms with Gasteiger partial charge >= 0.3 is 10.0 Å². The fourth-order valence-corrected chi connectivity index (χ4v) is 9.27. The molecule has 1 aliphatic heterocycles. The molecule has 10 nitrogen and oxygen atoms in total. The molecule has 0 unspecified atom stereocenters. The SMILES string of the molecule is CC(C)S(=O)(=O)c1nc(S(=O)(=O)n2nc(N3CCN(c4ncc(F)cc4F)CC34CC4)c3c(Cl)cc(F)cc32)cs1. The zero-order valence-electron chi connectivity index (χ0n) is 21.6. The van der Waals surface area contributed by atoms with E-state index in [4.69, 9.17) is 11.6 Å². The molecular weight excluding hydrogens is 625 g/mol. The average Bonchev–Trinajstić information content (AvgIpc) is 3.29. The predicted octanol–water partition coefficient (Wildman–Crippen LogP) is 4.24. The normalized spacial score (nSPS) is 17.2. The Bertz CT molecular complexity index is 1930. The van der Waals surface area contributed by atoms with Crippen LogP contribution in [0, 0.1) is 17.5 Å². The standard InChI is InChI=1S/C24H22ClF3N6O4S3/c1-13(2)40(35,36)23-30-19(11-39-23)41(37,38)34-18-9-14(26)7-16(25)20(18)22(31-34)33-6-5-32(12-24(33)3-4-24)21-17(28)8-15(27)10-29-21/h7-11,13H,3-6,12H2,1-2H3. The number of sulfone groups is 1. The van der Waals surface area contributed by atoms with Crippen LogP contribution >= 0.6 is 22.9 Å². The molecule has 1 aromatic carbocycles. The van der Waals surface area contributed by atoms with Crippen molar-refractivity contribution in [3.8, 4) is 0 Å². The molecule has 218 valence electrons. The predicted molar refractivity (Wildman–Crippen MR) is 147 cm³/mol. The maximum atomic E-state index is 14.5. The highest BCUT2D eigenvalue weighted by atomic mass is 35.5. The van der Waals surface area contributed by atoms with Crippen molar-refractivity contribution in [2.75, 3.05) is 29.4 Å². The third-order valence-corrected chi connectivity index (χ3v) is 12.6. The lowest BCUT2D eigenvalue weighted by molar-refractivity contribution is 0.489. The highest BCUT2D eigenvalue weighted by Crippen LogP contribution is 2.49. The fourth-order valence-electron chi connectivity index (χ4n) is 4.98. The molecule has 1 spiro atoms. The number of nitrogens with zero attached hydrogens (tertiary/aromatic N) is 6. The molecule has 17 heteroatoms. The third kappa shape index (κ3) is 4.55. The first-order chi connectivity index (χ1) is 19.2. The number of pyridine rings is 1. The van der Waals surface area contributed by atoms with Gasteiger partial charge in [0.2, 0.25) is 14.2 Å². The molecule has 2 fully saturated rings. The van der Waals surface area contributed by atoms with Crippen molar-refractivity contribution < 1.29 is 30.0 Å². The van der Waals surface area contributed by atoms with Crippen LogP contribution in [0.4, 0.5) is 24.8 Å². The van der Waals surface area contributed by atoms with Crippen molar-refractivity contribution in [2.24, 2.45) is 0 Å². The third-order valence-electron chi connectivity index (χ3n) is 7.29. The number of aromatic nitrogens is 4. The summed E-state index contributed by atoms with van der Waals surface area (Å²) in [6, 6.07) is 2.80. The quantitative estimate of drug-likeness (QED) is 0.303. The molecule has 6 rings (SSSR count). The zero-order valence-corrected chi connectivity index (χ0v) is 24.8. The van der Waals surface area contributed by atoms with Crippen molar-refractivity contribution in [1.29, 1.82) is 0 Å². The summed E-state index contributed by atoms with van der Waals surface area (Å²) in [4.78, 5) is 11.4. The summed E-state index contributed by atoms with van der Waals surface area (Å²) in [6.45, 7) is 3.71. The van der Waals surface area contributed by atoms with E-state index in [1.165, 1.54) is 13.8 Å². The summed E-state index contributed by atoms with van der Waals surface area (Å²) in [5.41, 5.74) is -0.719. The lowest BCUT2D eigenvalue weighted by atomic mass is 10.1. The number of fused-ring (bicyclic) bond motifs is 1. The van der Waals surface area contributed by atoms with Gasteiger partial charge in [0.15, 0.2) is 22.5 Å². The van der Waals surface area contributed by atoms with Crippen molar-refractivity contribution in [1.82, 2.24) is 19.2 Å². The Morgan fingerprint density at radius 3 is 2.41 bits per heavy atom. The van der Waals surface area contributed by atoms with E-state index in [0.717, 1.165) is 29.8 Å². The summed E-state index contributed by atoms with van der Waals surface area (Å²) >= 11 is 7.12. The van der Waals surface area contributed by atoms with Crippen molar-refractivity contribution in [3.63, 3.8) is 0 Å². The Hall–Kier alpha value is -2.95. The molecule has 2 aliphatic rings. The van der Waals surface area contributed by atoms with Crippen LogP contribution < -0.4 is 9.80 Å². The molecule has 0 amide bonds. The second kappa shape index (κ2) is 9.54. The Morgan fingerprint density at radius 1 is 1.02 bits per heavy atom. The number of thiazole rings is 1. The van der Waals surface area contributed by atoms with E-state index in [0.29, 0.717) is 34.8 Å². The van der Waals surface area contributed by atoms with Crippen LogP contribution in [0.1, 0.15) is 26.7 Å². The molecule has 4 aromatic rings. The minimum absolute atomic E-state index is 0.00563. The summed E-state index contributed by atoms with van der Waals surface area (Å²) in [5.74, 6) is -2.19. The zero-order chi connectivity index (χ0) is 29.5. The van der Waals surface area contributed by atoms with Gasteiger partial charge in [-0.15, -0.1) is 20.5 Å². The molecule has 1 saturated carbocycles. The van der Waals surface area contributed by atoms with Gasteiger partial charge in [-0.1, -0.05) is 11.6 Å². The van der Waals surface area contributed by atoms with Gasteiger partial charge in [-0.05, 0) is 32.8 Å². The van der Waals surface area contributed by atoms with Crippen molar-refractivity contribution >= 4 is 65.3 Å². The molecule has 0 radical (unpaired) electrons. The van der Waals surface area contributed by atoms with Gasteiger partial charge in [-0.25, -0.2) is 31.6 Å². The summed E-state index contributed by atoms with van der Waals surface area (Å²) < 4.78 is 95.3. The molecule has 0 N–H and O–H groups in total. The summed E-state index contributed by atoms with van der Waals surface area (Å²) in [6.07, 6.45) is 2.26. The van der Waals surface area contributed by atoms with E-state index >= 15 is 0 Å². The Kier molecular flexibility index (Phi) is 6.56. The van der Waals surface area contributed by atoms with E-state index in [1.807, 2.05) is 4.90 Å². The number of hydrogen-bond acceptors (Lipinski definition) is 10. The monoisotopic (exact) mass is 646 g/mol. The van der Waals surface area contributed by atoms with Crippen LogP contribution in [0.3, 0.4) is 0 Å². The molecular formula is C24H22ClF3N6O4S3. The first kappa shape index (κ1) is 28.2. The summed E-state index contributed by atoms with van der Waals surface area (Å²) in [7, 11) is -8.42. The minimum atomic E-state index is -4.58. The largest absolute Gasteiger partial charge is 0.350 e. The topological polar surface area (TPSA) is 118 Å². The maximum absolute atomic E-state index is 14.5. The van der Waals surface area contributed by atoms with Gasteiger partial charge in [0.1, 0.15) is 11.6 Å². The van der Waals surface area contributed by atoms with Gasteiger partial charge in [-0.2, -0.15) is 8.42 Å². The van der Waals surface area contributed by atoms with Gasteiger partial charge in [0.25, 0.3) is 0 Å². The number of anilines is 2. The first-order valence-corrected chi connectivity index (χ1v) is 16.7. The van der Waals surface area contributed by atoms with Gasteiger partial charge < -0.3 is 9.80 Å². The molecule has 1 aliphatic carbocycles. The highest BCUT2D eigenvalue weighted by Gasteiger charge is 2.53. The molecule has 1 saturated heterocycles. The molecule has 4 heterocycles. The lowest BCUT2D eigenvalue weighted by Gasteiger charge is -2.43. The minimum Gasteiger partial charge on any atom is -0.350 e.